The molecule has 0 radical (unpaired) electrons. The molecule has 0 spiro atoms. The molecule has 52 heavy (non-hydrogen) atoms. The fourth-order valence-electron chi connectivity index (χ4n) is 7.42. The maximum Gasteiger partial charge on any atom is 0.252 e. The molecular formula is C30H57N7O15. The van der Waals surface area contributed by atoms with Crippen LogP contribution in [0, 0.1) is 0 Å². The van der Waals surface area contributed by atoms with Gasteiger partial charge in [0.2, 0.25) is 0 Å². The van der Waals surface area contributed by atoms with E-state index in [1.165, 1.54) is 0 Å². The van der Waals surface area contributed by atoms with E-state index in [-0.39, 0.29) is 58.0 Å². The number of aliphatic hydroxyl groups is 8. The van der Waals surface area contributed by atoms with Crippen LogP contribution in [0.2, 0.25) is 0 Å². The van der Waals surface area contributed by atoms with Gasteiger partial charge in [0, 0.05) is 44.6 Å². The van der Waals surface area contributed by atoms with E-state index >= 15 is 0 Å². The van der Waals surface area contributed by atoms with Crippen LogP contribution in [-0.2, 0) is 33.2 Å². The van der Waals surface area contributed by atoms with Gasteiger partial charge in [-0.2, -0.15) is 0 Å². The molecule has 5 rings (SSSR count). The summed E-state index contributed by atoms with van der Waals surface area (Å²) in [5.41, 5.74) is 28.6. The molecule has 0 aromatic rings. The molecule has 2 saturated carbocycles. The molecule has 3 saturated heterocycles. The number of ether oxygens (including phenoxy) is 6. The Bertz CT molecular complexity index is 1160. The molecule has 18 atom stereocenters. The number of carbonyl (C=O) groups is 1. The van der Waals surface area contributed by atoms with Gasteiger partial charge in [-0.15, -0.1) is 0 Å². The Morgan fingerprint density at radius 3 is 2.02 bits per heavy atom. The largest absolute Gasteiger partial charge is 0.395 e. The van der Waals surface area contributed by atoms with Crippen molar-refractivity contribution in [2.75, 3.05) is 32.8 Å². The Kier molecular flexibility index (Phi) is 14.2. The van der Waals surface area contributed by atoms with Gasteiger partial charge in [-0.05, 0) is 12.8 Å². The van der Waals surface area contributed by atoms with E-state index in [1.807, 2.05) is 0 Å². The fourth-order valence-corrected chi connectivity index (χ4v) is 7.42. The number of nitrogens with two attached hydrogens (primary N) is 5. The van der Waals surface area contributed by atoms with Crippen LogP contribution in [0.4, 0.5) is 0 Å². The summed E-state index contributed by atoms with van der Waals surface area (Å²) in [6.45, 7) is -0.640. The summed E-state index contributed by atoms with van der Waals surface area (Å²) in [7, 11) is 0. The van der Waals surface area contributed by atoms with Crippen molar-refractivity contribution >= 4 is 5.91 Å². The molecule has 302 valence electrons. The molecular weight excluding hydrogens is 698 g/mol. The quantitative estimate of drug-likeness (QED) is 0.0732. The first-order chi connectivity index (χ1) is 24.6. The predicted molar refractivity (Wildman–Crippen MR) is 174 cm³/mol. The topological polar surface area (TPSA) is 388 Å². The van der Waals surface area contributed by atoms with Gasteiger partial charge in [-0.3, -0.25) is 4.79 Å². The van der Waals surface area contributed by atoms with Gasteiger partial charge < -0.3 is 109 Å². The lowest BCUT2D eigenvalue weighted by Gasteiger charge is -2.48. The highest BCUT2D eigenvalue weighted by atomic mass is 16.8. The SMILES string of the molecule is NCC1OC(OC2C(CO)OC(OC3C(O)C(NC(=O)C4(O)CC(N)C4)CC(N)C3OC3OC(CNCCO)C(O)CC3N)C2O)C(N)C(O)C1O. The second kappa shape index (κ2) is 17.6. The molecule has 22 heteroatoms. The van der Waals surface area contributed by atoms with Gasteiger partial charge in [0.05, 0.1) is 43.5 Å². The number of nitrogens with one attached hydrogen (secondary N) is 2. The highest BCUT2D eigenvalue weighted by molar-refractivity contribution is 5.86. The van der Waals surface area contributed by atoms with Crippen LogP contribution in [-0.4, -0.2) is 201 Å². The predicted octanol–water partition coefficient (Wildman–Crippen LogP) is -9.23. The Labute approximate surface area is 299 Å². The van der Waals surface area contributed by atoms with Gasteiger partial charge in [0.25, 0.3) is 5.91 Å². The first kappa shape index (κ1) is 41.8. The lowest BCUT2D eigenvalue weighted by atomic mass is 9.75. The second-order valence-electron chi connectivity index (χ2n) is 14.5. The van der Waals surface area contributed by atoms with Crippen molar-refractivity contribution in [3.63, 3.8) is 0 Å². The second-order valence-corrected chi connectivity index (χ2v) is 14.5. The van der Waals surface area contributed by atoms with Crippen LogP contribution in [0.15, 0.2) is 0 Å². The molecule has 2 aliphatic carbocycles. The number of rotatable bonds is 14. The maximum atomic E-state index is 13.1. The summed E-state index contributed by atoms with van der Waals surface area (Å²) in [6.07, 6.45) is -18.5. The number of hydrogen-bond acceptors (Lipinski definition) is 21. The van der Waals surface area contributed by atoms with Crippen molar-refractivity contribution < 1.29 is 74.1 Å². The summed E-state index contributed by atoms with van der Waals surface area (Å²) in [5, 5.41) is 89.9. The smallest absolute Gasteiger partial charge is 0.252 e. The van der Waals surface area contributed by atoms with Crippen LogP contribution in [0.1, 0.15) is 25.7 Å². The van der Waals surface area contributed by atoms with Gasteiger partial charge in [-0.25, -0.2) is 0 Å². The third kappa shape index (κ3) is 8.87. The minimum Gasteiger partial charge on any atom is -0.395 e. The van der Waals surface area contributed by atoms with Crippen molar-refractivity contribution in [3.05, 3.63) is 0 Å². The van der Waals surface area contributed by atoms with Crippen LogP contribution in [0.3, 0.4) is 0 Å². The summed E-state index contributed by atoms with van der Waals surface area (Å²) < 4.78 is 35.7. The molecule has 18 unspecified atom stereocenters. The van der Waals surface area contributed by atoms with Gasteiger partial charge in [0.15, 0.2) is 18.9 Å². The molecule has 20 N–H and O–H groups in total. The van der Waals surface area contributed by atoms with Crippen LogP contribution in [0.25, 0.3) is 0 Å². The highest BCUT2D eigenvalue weighted by Gasteiger charge is 2.55. The first-order valence-electron chi connectivity index (χ1n) is 17.6. The Hall–Kier alpha value is -1.33. The zero-order chi connectivity index (χ0) is 38.1. The number of carbonyl (C=O) groups excluding carboxylic acids is 1. The van der Waals surface area contributed by atoms with Crippen molar-refractivity contribution in [1.29, 1.82) is 0 Å². The van der Waals surface area contributed by atoms with Crippen molar-refractivity contribution in [3.8, 4) is 0 Å². The molecule has 0 bridgehead atoms. The Morgan fingerprint density at radius 2 is 1.38 bits per heavy atom. The summed E-state index contributed by atoms with van der Waals surface area (Å²) in [6, 6.07) is -4.60. The van der Waals surface area contributed by atoms with E-state index in [4.69, 9.17) is 62.2 Å². The van der Waals surface area contributed by atoms with Crippen molar-refractivity contribution in [2.24, 2.45) is 28.7 Å². The number of aliphatic hydroxyl groups excluding tert-OH is 7. The zero-order valence-electron chi connectivity index (χ0n) is 28.7. The van der Waals surface area contributed by atoms with E-state index < -0.39 is 128 Å². The normalized spacial score (nSPS) is 49.8. The Morgan fingerprint density at radius 1 is 0.750 bits per heavy atom. The third-order valence-corrected chi connectivity index (χ3v) is 10.5. The van der Waals surface area contributed by atoms with Crippen LogP contribution >= 0.6 is 0 Å². The van der Waals surface area contributed by atoms with Crippen molar-refractivity contribution in [1.82, 2.24) is 10.6 Å². The summed E-state index contributed by atoms with van der Waals surface area (Å²) >= 11 is 0. The van der Waals surface area contributed by atoms with Crippen LogP contribution < -0.4 is 39.3 Å². The fraction of sp³-hybridized carbons (Fsp3) is 0.967. The van der Waals surface area contributed by atoms with E-state index in [0.717, 1.165) is 0 Å². The van der Waals surface area contributed by atoms with E-state index in [9.17, 15) is 40.5 Å². The first-order valence-corrected chi connectivity index (χ1v) is 17.6. The van der Waals surface area contributed by atoms with E-state index in [1.54, 1.807) is 0 Å². The number of hydrogen-bond donors (Lipinski definition) is 15. The van der Waals surface area contributed by atoms with E-state index in [0.29, 0.717) is 0 Å². The minimum atomic E-state index is -1.74. The standard InChI is InChI=1S/C30H57N7O15/c31-7-15-20(42)21(43)18(35)27(47-15)51-24-17(9-39)49-28(22(24)44)52-25-19(41)13(37-29(45)30(46)5-10(32)6-30)3-11(33)23(25)50-26-12(34)4-14(40)16(48-26)8-36-1-2-38/h10-28,36,38-44,46H,1-9,31-35H2,(H,37,45). The van der Waals surface area contributed by atoms with Gasteiger partial charge in [0.1, 0.15) is 60.5 Å². The van der Waals surface area contributed by atoms with Gasteiger partial charge >= 0.3 is 0 Å². The molecule has 1 amide bonds. The molecule has 5 aliphatic rings. The lowest BCUT2D eigenvalue weighted by Crippen LogP contribution is -2.69. The summed E-state index contributed by atoms with van der Waals surface area (Å²) in [4.78, 5) is 13.1. The lowest BCUT2D eigenvalue weighted by molar-refractivity contribution is -0.297. The molecule has 5 fully saturated rings. The van der Waals surface area contributed by atoms with E-state index in [2.05, 4.69) is 10.6 Å². The molecule has 3 aliphatic heterocycles. The monoisotopic (exact) mass is 755 g/mol. The average Bonchev–Trinajstić information content (AvgIpc) is 3.39. The Balaban J connectivity index is 1.35. The highest BCUT2D eigenvalue weighted by Crippen LogP contribution is 2.36. The molecule has 0 aromatic heterocycles. The average molecular weight is 756 g/mol. The molecule has 22 nitrogen and oxygen atoms in total. The van der Waals surface area contributed by atoms with Crippen molar-refractivity contribution in [2.45, 2.75) is 148 Å². The number of amides is 1. The minimum absolute atomic E-state index is 0.0128. The summed E-state index contributed by atoms with van der Waals surface area (Å²) in [5.74, 6) is -0.772. The maximum absolute atomic E-state index is 13.1. The zero-order valence-corrected chi connectivity index (χ0v) is 28.7. The third-order valence-electron chi connectivity index (χ3n) is 10.5. The van der Waals surface area contributed by atoms with Crippen LogP contribution in [0.5, 0.6) is 0 Å². The van der Waals surface area contributed by atoms with Gasteiger partial charge in [-0.1, -0.05) is 0 Å². The molecule has 3 heterocycles. The molecule has 0 aromatic carbocycles.